The predicted molar refractivity (Wildman–Crippen MR) is 90.2 cm³/mol. The van der Waals surface area contributed by atoms with Gasteiger partial charge < -0.3 is 0 Å². The molecule has 2 aromatic rings. The first kappa shape index (κ1) is 16.5. The highest BCUT2D eigenvalue weighted by molar-refractivity contribution is 9.10. The lowest BCUT2D eigenvalue weighted by atomic mass is 10.0. The standard InChI is InChI=1S/C15H20BrClN4/c1-3-12-15(16)14(21(4-2)20-12)9-13(19-18)10-5-7-11(17)8-6-10/h5-8,13,19H,3-4,9,18H2,1-2H3. The van der Waals surface area contributed by atoms with Gasteiger partial charge in [0.2, 0.25) is 0 Å². The monoisotopic (exact) mass is 370 g/mol. The number of halogens is 2. The van der Waals surface area contributed by atoms with Gasteiger partial charge in [0, 0.05) is 18.0 Å². The lowest BCUT2D eigenvalue weighted by Gasteiger charge is -2.17. The van der Waals surface area contributed by atoms with Crippen LogP contribution in [0.5, 0.6) is 0 Å². The van der Waals surface area contributed by atoms with Crippen molar-refractivity contribution in [2.24, 2.45) is 5.84 Å². The van der Waals surface area contributed by atoms with E-state index >= 15 is 0 Å². The number of benzene rings is 1. The number of hydrazine groups is 1. The van der Waals surface area contributed by atoms with E-state index in [-0.39, 0.29) is 6.04 Å². The predicted octanol–water partition coefficient (Wildman–Crippen LogP) is 3.63. The Morgan fingerprint density at radius 2 is 2.00 bits per heavy atom. The van der Waals surface area contributed by atoms with E-state index in [1.165, 1.54) is 0 Å². The van der Waals surface area contributed by atoms with Gasteiger partial charge in [0.05, 0.1) is 21.9 Å². The molecule has 1 heterocycles. The molecule has 114 valence electrons. The van der Waals surface area contributed by atoms with Gasteiger partial charge in [-0.15, -0.1) is 0 Å². The fraction of sp³-hybridized carbons (Fsp3) is 0.400. The van der Waals surface area contributed by atoms with Crippen LogP contribution in [0.15, 0.2) is 28.7 Å². The summed E-state index contributed by atoms with van der Waals surface area (Å²) in [7, 11) is 0. The highest BCUT2D eigenvalue weighted by Gasteiger charge is 2.19. The van der Waals surface area contributed by atoms with Gasteiger partial charge in [0.1, 0.15) is 0 Å². The van der Waals surface area contributed by atoms with Gasteiger partial charge in [-0.2, -0.15) is 5.10 Å². The number of hydrogen-bond acceptors (Lipinski definition) is 3. The van der Waals surface area contributed by atoms with Crippen molar-refractivity contribution >= 4 is 27.5 Å². The molecule has 2 rings (SSSR count). The lowest BCUT2D eigenvalue weighted by molar-refractivity contribution is 0.515. The van der Waals surface area contributed by atoms with Crippen LogP contribution in [0.25, 0.3) is 0 Å². The second-order valence-electron chi connectivity index (χ2n) is 4.85. The van der Waals surface area contributed by atoms with E-state index in [0.29, 0.717) is 0 Å². The molecule has 1 aromatic carbocycles. The van der Waals surface area contributed by atoms with Crippen LogP contribution in [0.3, 0.4) is 0 Å². The van der Waals surface area contributed by atoms with E-state index in [1.807, 2.05) is 28.9 Å². The zero-order chi connectivity index (χ0) is 15.4. The molecule has 0 radical (unpaired) electrons. The van der Waals surface area contributed by atoms with Crippen LogP contribution in [-0.2, 0) is 19.4 Å². The van der Waals surface area contributed by atoms with Gasteiger partial charge in [0.15, 0.2) is 0 Å². The highest BCUT2D eigenvalue weighted by Crippen LogP contribution is 2.27. The molecule has 1 unspecified atom stereocenters. The van der Waals surface area contributed by atoms with Gasteiger partial charge in [-0.05, 0) is 47.0 Å². The van der Waals surface area contributed by atoms with E-state index in [0.717, 1.165) is 45.8 Å². The average Bonchev–Trinajstić information content (AvgIpc) is 2.81. The summed E-state index contributed by atoms with van der Waals surface area (Å²) in [6.45, 7) is 5.04. The van der Waals surface area contributed by atoms with Crippen molar-refractivity contribution in [3.63, 3.8) is 0 Å². The number of hydrogen-bond donors (Lipinski definition) is 2. The van der Waals surface area contributed by atoms with Crippen molar-refractivity contribution in [2.45, 2.75) is 39.3 Å². The molecule has 6 heteroatoms. The smallest absolute Gasteiger partial charge is 0.0766 e. The van der Waals surface area contributed by atoms with Crippen LogP contribution in [0, 0.1) is 0 Å². The molecule has 0 aliphatic rings. The van der Waals surface area contributed by atoms with Gasteiger partial charge in [-0.3, -0.25) is 16.0 Å². The summed E-state index contributed by atoms with van der Waals surface area (Å²) in [4.78, 5) is 0. The Hall–Kier alpha value is -0.880. The van der Waals surface area contributed by atoms with Gasteiger partial charge in [-0.25, -0.2) is 0 Å². The zero-order valence-corrected chi connectivity index (χ0v) is 14.6. The number of aryl methyl sites for hydroxylation is 2. The van der Waals surface area contributed by atoms with E-state index < -0.39 is 0 Å². The fourth-order valence-corrected chi connectivity index (χ4v) is 3.23. The zero-order valence-electron chi connectivity index (χ0n) is 12.2. The molecule has 0 spiro atoms. The maximum absolute atomic E-state index is 5.94. The van der Waals surface area contributed by atoms with Crippen molar-refractivity contribution in [3.05, 3.63) is 50.7 Å². The molecule has 21 heavy (non-hydrogen) atoms. The Morgan fingerprint density at radius 3 is 2.52 bits per heavy atom. The summed E-state index contributed by atoms with van der Waals surface area (Å²) in [6, 6.07) is 7.77. The minimum absolute atomic E-state index is 0.0188. The Labute approximate surface area is 138 Å². The molecular formula is C15H20BrClN4. The normalized spacial score (nSPS) is 12.6. The molecule has 0 amide bonds. The van der Waals surface area contributed by atoms with Crippen molar-refractivity contribution in [1.82, 2.24) is 15.2 Å². The number of nitrogens with two attached hydrogens (primary N) is 1. The summed E-state index contributed by atoms with van der Waals surface area (Å²) in [5.74, 6) is 5.74. The molecule has 0 saturated heterocycles. The van der Waals surface area contributed by atoms with Crippen LogP contribution in [0.4, 0.5) is 0 Å². The third kappa shape index (κ3) is 3.66. The first-order valence-electron chi connectivity index (χ1n) is 7.06. The molecule has 0 bridgehead atoms. The third-order valence-corrected chi connectivity index (χ3v) is 4.73. The van der Waals surface area contributed by atoms with Crippen molar-refractivity contribution in [2.75, 3.05) is 0 Å². The van der Waals surface area contributed by atoms with Crippen LogP contribution in [-0.4, -0.2) is 9.78 Å². The Balaban J connectivity index is 2.30. The summed E-state index contributed by atoms with van der Waals surface area (Å²) in [5, 5.41) is 5.35. The SMILES string of the molecule is CCc1nn(CC)c(CC(NN)c2ccc(Cl)cc2)c1Br. The summed E-state index contributed by atoms with van der Waals surface area (Å²) in [6.07, 6.45) is 1.67. The number of nitrogens with one attached hydrogen (secondary N) is 1. The van der Waals surface area contributed by atoms with E-state index in [4.69, 9.17) is 17.4 Å². The van der Waals surface area contributed by atoms with Gasteiger partial charge in [-0.1, -0.05) is 30.7 Å². The molecule has 0 saturated carbocycles. The fourth-order valence-electron chi connectivity index (χ4n) is 2.37. The van der Waals surface area contributed by atoms with Crippen molar-refractivity contribution in [3.8, 4) is 0 Å². The largest absolute Gasteiger partial charge is 0.271 e. The molecule has 0 aliphatic carbocycles. The highest BCUT2D eigenvalue weighted by atomic mass is 79.9. The molecule has 0 aliphatic heterocycles. The number of aromatic nitrogens is 2. The minimum Gasteiger partial charge on any atom is -0.271 e. The van der Waals surface area contributed by atoms with Crippen LogP contribution in [0.1, 0.15) is 36.8 Å². The van der Waals surface area contributed by atoms with Crippen molar-refractivity contribution < 1.29 is 0 Å². The van der Waals surface area contributed by atoms with Crippen LogP contribution >= 0.6 is 27.5 Å². The quantitative estimate of drug-likeness (QED) is 0.602. The Bertz CT molecular complexity index is 594. The van der Waals surface area contributed by atoms with Crippen LogP contribution in [0.2, 0.25) is 5.02 Å². The lowest BCUT2D eigenvalue weighted by Crippen LogP contribution is -2.30. The summed E-state index contributed by atoms with van der Waals surface area (Å²) in [5.41, 5.74) is 6.24. The molecule has 1 aromatic heterocycles. The molecule has 1 atom stereocenters. The molecule has 3 N–H and O–H groups in total. The minimum atomic E-state index is 0.0188. The second-order valence-corrected chi connectivity index (χ2v) is 6.08. The van der Waals surface area contributed by atoms with Crippen LogP contribution < -0.4 is 11.3 Å². The summed E-state index contributed by atoms with van der Waals surface area (Å²) < 4.78 is 3.12. The number of nitrogens with zero attached hydrogens (tertiary/aromatic N) is 2. The van der Waals surface area contributed by atoms with E-state index in [1.54, 1.807) is 0 Å². The van der Waals surface area contributed by atoms with Gasteiger partial charge >= 0.3 is 0 Å². The van der Waals surface area contributed by atoms with Crippen molar-refractivity contribution in [1.29, 1.82) is 0 Å². The second kappa shape index (κ2) is 7.40. The first-order valence-corrected chi connectivity index (χ1v) is 8.23. The molecular weight excluding hydrogens is 352 g/mol. The van der Waals surface area contributed by atoms with E-state index in [9.17, 15) is 0 Å². The average molecular weight is 372 g/mol. The maximum Gasteiger partial charge on any atom is 0.0766 e. The topological polar surface area (TPSA) is 55.9 Å². The summed E-state index contributed by atoms with van der Waals surface area (Å²) >= 11 is 9.61. The maximum atomic E-state index is 5.94. The Kier molecular flexibility index (Phi) is 5.81. The molecule has 0 fully saturated rings. The van der Waals surface area contributed by atoms with Gasteiger partial charge in [0.25, 0.3) is 0 Å². The Morgan fingerprint density at radius 1 is 1.33 bits per heavy atom. The third-order valence-electron chi connectivity index (χ3n) is 3.57. The number of rotatable bonds is 6. The molecule has 4 nitrogen and oxygen atoms in total. The van der Waals surface area contributed by atoms with E-state index in [2.05, 4.69) is 40.3 Å². The first-order chi connectivity index (χ1) is 10.1.